The third-order valence-electron chi connectivity index (χ3n) is 5.67. The second kappa shape index (κ2) is 8.74. The summed E-state index contributed by atoms with van der Waals surface area (Å²) in [5.74, 6) is -1.25. The van der Waals surface area contributed by atoms with E-state index in [1.54, 1.807) is 6.07 Å². The molecule has 0 aliphatic heterocycles. The van der Waals surface area contributed by atoms with Crippen LogP contribution >= 0.6 is 0 Å². The van der Waals surface area contributed by atoms with Crippen molar-refractivity contribution in [1.82, 2.24) is 4.98 Å². The summed E-state index contributed by atoms with van der Waals surface area (Å²) in [7, 11) is -4.03. The first-order valence-corrected chi connectivity index (χ1v) is 11.6. The van der Waals surface area contributed by atoms with Crippen LogP contribution in [0.4, 0.5) is 27.8 Å². The lowest BCUT2D eigenvalue weighted by atomic mass is 9.87. The second-order valence-electron chi connectivity index (χ2n) is 7.75. The zero-order valence-corrected chi connectivity index (χ0v) is 18.0. The Labute approximate surface area is 187 Å². The van der Waals surface area contributed by atoms with Crippen LogP contribution in [0.3, 0.4) is 0 Å². The van der Waals surface area contributed by atoms with Crippen LogP contribution in [-0.4, -0.2) is 20.1 Å². The zero-order valence-electron chi connectivity index (χ0n) is 17.2. The highest BCUT2D eigenvalue weighted by Gasteiger charge is 2.33. The van der Waals surface area contributed by atoms with Gasteiger partial charge in [-0.3, -0.25) is 9.11 Å². The number of aromatic nitrogens is 1. The summed E-state index contributed by atoms with van der Waals surface area (Å²) in [6, 6.07) is 11.6. The summed E-state index contributed by atoms with van der Waals surface area (Å²) in [5, 5.41) is 0. The molecule has 10 heteroatoms. The van der Waals surface area contributed by atoms with E-state index in [9.17, 15) is 30.4 Å². The van der Waals surface area contributed by atoms with E-state index in [1.807, 2.05) is 0 Å². The van der Waals surface area contributed by atoms with Gasteiger partial charge in [0, 0.05) is 12.3 Å². The maximum atomic E-state index is 13.3. The lowest BCUT2D eigenvalue weighted by Crippen LogP contribution is -2.14. The number of fused-ring (bicyclic) bond motifs is 1. The molecule has 0 spiro atoms. The van der Waals surface area contributed by atoms with Gasteiger partial charge in [0.15, 0.2) is 0 Å². The Morgan fingerprint density at radius 2 is 1.79 bits per heavy atom. The van der Waals surface area contributed by atoms with Crippen LogP contribution in [0.1, 0.15) is 40.2 Å². The Balaban J connectivity index is 1.65. The molecule has 0 saturated carbocycles. The average molecular weight is 482 g/mol. The number of alkyl halides is 4. The van der Waals surface area contributed by atoms with Gasteiger partial charge in [0.05, 0.1) is 17.1 Å². The molecule has 0 amide bonds. The SMILES string of the molecule is O=S(=O)(Nc1cccc(F)n1)c1ccc2c(c1)CC[C@@H]2c1ccc(C(F)(F)F)cc1CCF. The molecule has 4 nitrogen and oxygen atoms in total. The Morgan fingerprint density at radius 1 is 1.03 bits per heavy atom. The van der Waals surface area contributed by atoms with Gasteiger partial charge in [0.1, 0.15) is 5.82 Å². The number of benzene rings is 2. The number of hydrogen-bond acceptors (Lipinski definition) is 3. The van der Waals surface area contributed by atoms with Crippen molar-refractivity contribution in [1.29, 1.82) is 0 Å². The Kier molecular flexibility index (Phi) is 6.13. The van der Waals surface area contributed by atoms with E-state index in [1.165, 1.54) is 30.3 Å². The maximum absolute atomic E-state index is 13.3. The summed E-state index contributed by atoms with van der Waals surface area (Å²) < 4.78 is 93.3. The molecule has 2 aromatic carbocycles. The van der Waals surface area contributed by atoms with Gasteiger partial charge < -0.3 is 0 Å². The highest BCUT2D eigenvalue weighted by Crippen LogP contribution is 2.42. The molecule has 33 heavy (non-hydrogen) atoms. The number of aryl methyl sites for hydroxylation is 2. The third kappa shape index (κ3) is 4.85. The normalized spacial score (nSPS) is 16.0. The minimum Gasteiger partial charge on any atom is -0.263 e. The van der Waals surface area contributed by atoms with Crippen LogP contribution in [0, 0.1) is 5.95 Å². The van der Waals surface area contributed by atoms with Gasteiger partial charge >= 0.3 is 6.18 Å². The summed E-state index contributed by atoms with van der Waals surface area (Å²) in [4.78, 5) is 3.45. The topological polar surface area (TPSA) is 59.1 Å². The number of pyridine rings is 1. The number of nitrogens with zero attached hydrogens (tertiary/aromatic N) is 1. The summed E-state index contributed by atoms with van der Waals surface area (Å²) >= 11 is 0. The van der Waals surface area contributed by atoms with Gasteiger partial charge in [-0.2, -0.15) is 17.6 Å². The molecule has 0 unspecified atom stereocenters. The smallest absolute Gasteiger partial charge is 0.263 e. The fourth-order valence-corrected chi connectivity index (χ4v) is 5.24. The molecule has 3 aromatic rings. The fourth-order valence-electron chi connectivity index (χ4n) is 4.19. The van der Waals surface area contributed by atoms with Crippen molar-refractivity contribution in [3.05, 3.63) is 88.4 Å². The molecule has 0 bridgehead atoms. The minimum absolute atomic E-state index is 0.0376. The van der Waals surface area contributed by atoms with Gasteiger partial charge in [-0.25, -0.2) is 13.4 Å². The van der Waals surface area contributed by atoms with E-state index in [0.717, 1.165) is 29.3 Å². The van der Waals surface area contributed by atoms with Crippen LogP contribution in [0.2, 0.25) is 0 Å². The summed E-state index contributed by atoms with van der Waals surface area (Å²) in [6.45, 7) is -0.787. The van der Waals surface area contributed by atoms with Gasteiger partial charge in [-0.05, 0) is 71.5 Å². The predicted molar refractivity (Wildman–Crippen MR) is 113 cm³/mol. The second-order valence-corrected chi connectivity index (χ2v) is 9.44. The number of sulfonamides is 1. The third-order valence-corrected chi connectivity index (χ3v) is 7.02. The molecule has 1 aliphatic carbocycles. The van der Waals surface area contributed by atoms with Crippen LogP contribution in [0.15, 0.2) is 59.5 Å². The van der Waals surface area contributed by atoms with E-state index in [4.69, 9.17) is 0 Å². The quantitative estimate of drug-likeness (QED) is 0.366. The maximum Gasteiger partial charge on any atom is 0.416 e. The highest BCUT2D eigenvalue weighted by atomic mass is 32.2. The largest absolute Gasteiger partial charge is 0.416 e. The molecule has 0 saturated heterocycles. The molecular weight excluding hydrogens is 463 g/mol. The van der Waals surface area contributed by atoms with E-state index >= 15 is 0 Å². The van der Waals surface area contributed by atoms with Crippen molar-refractivity contribution in [2.75, 3.05) is 11.4 Å². The molecule has 1 aromatic heterocycles. The van der Waals surface area contributed by atoms with Crippen LogP contribution in [-0.2, 0) is 29.0 Å². The van der Waals surface area contributed by atoms with E-state index in [-0.39, 0.29) is 23.1 Å². The van der Waals surface area contributed by atoms with E-state index in [0.29, 0.717) is 24.0 Å². The lowest BCUT2D eigenvalue weighted by Gasteiger charge is -2.19. The zero-order chi connectivity index (χ0) is 23.8. The fraction of sp³-hybridized carbons (Fsp3) is 0.261. The van der Waals surface area contributed by atoms with Crippen molar-refractivity contribution in [3.8, 4) is 0 Å². The number of nitrogens with one attached hydrogen (secondary N) is 1. The van der Waals surface area contributed by atoms with Gasteiger partial charge in [-0.1, -0.05) is 18.2 Å². The molecule has 1 N–H and O–H groups in total. The number of anilines is 1. The van der Waals surface area contributed by atoms with E-state index in [2.05, 4.69) is 9.71 Å². The number of rotatable bonds is 6. The van der Waals surface area contributed by atoms with Gasteiger partial charge in [-0.15, -0.1) is 0 Å². The van der Waals surface area contributed by atoms with Crippen molar-refractivity contribution >= 4 is 15.8 Å². The van der Waals surface area contributed by atoms with Crippen LogP contribution in [0.25, 0.3) is 0 Å². The first-order chi connectivity index (χ1) is 15.6. The highest BCUT2D eigenvalue weighted by molar-refractivity contribution is 7.92. The van der Waals surface area contributed by atoms with Crippen LogP contribution in [0.5, 0.6) is 0 Å². The van der Waals surface area contributed by atoms with Gasteiger partial charge in [0.2, 0.25) is 5.95 Å². The summed E-state index contributed by atoms with van der Waals surface area (Å²) in [6.07, 6.45) is -3.59. The predicted octanol–water partition coefficient (Wildman–Crippen LogP) is 5.63. The molecule has 0 fully saturated rings. The molecule has 1 heterocycles. The molecule has 1 atom stereocenters. The molecule has 0 radical (unpaired) electrons. The minimum atomic E-state index is -4.52. The Bertz CT molecular complexity index is 1290. The van der Waals surface area contributed by atoms with Crippen molar-refractivity contribution < 1.29 is 30.4 Å². The molecular formula is C23H19F5N2O2S. The van der Waals surface area contributed by atoms with Crippen molar-refractivity contribution in [2.45, 2.75) is 36.3 Å². The van der Waals surface area contributed by atoms with Crippen molar-refractivity contribution in [2.24, 2.45) is 0 Å². The monoisotopic (exact) mass is 482 g/mol. The molecule has 174 valence electrons. The lowest BCUT2D eigenvalue weighted by molar-refractivity contribution is -0.137. The van der Waals surface area contributed by atoms with Crippen molar-refractivity contribution in [3.63, 3.8) is 0 Å². The van der Waals surface area contributed by atoms with E-state index < -0.39 is 34.4 Å². The average Bonchev–Trinajstić information content (AvgIpc) is 3.16. The first-order valence-electron chi connectivity index (χ1n) is 10.1. The molecule has 4 rings (SSSR count). The van der Waals surface area contributed by atoms with Crippen LogP contribution < -0.4 is 4.72 Å². The number of hydrogen-bond donors (Lipinski definition) is 1. The Morgan fingerprint density at radius 3 is 2.48 bits per heavy atom. The van der Waals surface area contributed by atoms with Gasteiger partial charge in [0.25, 0.3) is 10.0 Å². The summed E-state index contributed by atoms with van der Waals surface area (Å²) in [5.41, 5.74) is 1.60. The molecule has 1 aliphatic rings. The Hall–Kier alpha value is -3.01. The number of halogens is 5. The first kappa shape index (κ1) is 23.2. The standard InChI is InChI=1S/C23H19F5N2O2S/c24-11-10-15-12-16(23(26,27)28)5-8-18(15)20-7-4-14-13-17(6-9-19(14)20)33(31,32)30-22-3-1-2-21(25)29-22/h1-3,5-6,8-9,12-13,20H,4,7,10-11H2,(H,29,30)/t20-/m1/s1.